The highest BCUT2D eigenvalue weighted by molar-refractivity contribution is 7.90. The molecule has 2 fully saturated rings. The molecule has 10 nitrogen and oxygen atoms in total. The highest BCUT2D eigenvalue weighted by Gasteiger charge is 2.38. The van der Waals surface area contributed by atoms with Crippen molar-refractivity contribution >= 4 is 27.6 Å². The number of hydrogen-bond acceptors (Lipinski definition) is 9. The summed E-state index contributed by atoms with van der Waals surface area (Å²) >= 11 is 0. The molecule has 1 saturated carbocycles. The molecule has 0 aromatic carbocycles. The Kier molecular flexibility index (Phi) is 6.72. The van der Waals surface area contributed by atoms with Gasteiger partial charge in [-0.1, -0.05) is 13.0 Å². The van der Waals surface area contributed by atoms with E-state index in [4.69, 9.17) is 15.5 Å². The van der Waals surface area contributed by atoms with Crippen LogP contribution in [-0.4, -0.2) is 48.0 Å². The molecule has 3 aromatic rings. The lowest BCUT2D eigenvalue weighted by Crippen LogP contribution is -2.37. The maximum absolute atomic E-state index is 13.3. The standard InChI is InChI=1S/C27H32N6O4S.3H2/c1-17-7-8-18(2)33(17)25-20(26(34)32-38(35,36)24-6-4-5-22(28)31-24)10-11-21(30-25)19-9-12-23(29-15-19)37-16-27(3)13-14-27;;;/h4-6,9-12,15,17-18H,7-8,13-14,16H2,1-3H3,(H2,28,31)(H,32,34);3*1H/t17-,18+;;;. The van der Waals surface area contributed by atoms with Crippen molar-refractivity contribution in [3.05, 3.63) is 54.2 Å². The van der Waals surface area contributed by atoms with Crippen LogP contribution in [0.2, 0.25) is 0 Å². The van der Waals surface area contributed by atoms with Crippen molar-refractivity contribution in [1.82, 2.24) is 19.7 Å². The summed E-state index contributed by atoms with van der Waals surface area (Å²) in [6, 6.07) is 11.5. The van der Waals surface area contributed by atoms with Crippen LogP contribution in [0.1, 0.15) is 61.1 Å². The van der Waals surface area contributed by atoms with Crippen LogP contribution >= 0.6 is 0 Å². The first kappa shape index (κ1) is 25.9. The summed E-state index contributed by atoms with van der Waals surface area (Å²) in [6.07, 6.45) is 5.91. The maximum atomic E-state index is 13.3. The third-order valence-corrected chi connectivity index (χ3v) is 8.50. The Balaban J connectivity index is 0.00000196. The van der Waals surface area contributed by atoms with E-state index < -0.39 is 15.9 Å². The lowest BCUT2D eigenvalue weighted by Gasteiger charge is -2.29. The molecule has 0 radical (unpaired) electrons. The number of rotatable bonds is 8. The van der Waals surface area contributed by atoms with Gasteiger partial charge in [0, 0.05) is 39.6 Å². The average Bonchev–Trinajstić information content (AvgIpc) is 3.54. The van der Waals surface area contributed by atoms with Gasteiger partial charge in [0.05, 0.1) is 17.9 Å². The summed E-state index contributed by atoms with van der Waals surface area (Å²) in [5.74, 6) is 0.235. The van der Waals surface area contributed by atoms with Gasteiger partial charge in [-0.05, 0) is 69.9 Å². The Labute approximate surface area is 227 Å². The van der Waals surface area contributed by atoms with Crippen LogP contribution in [-0.2, 0) is 10.0 Å². The van der Waals surface area contributed by atoms with Crippen molar-refractivity contribution in [2.24, 2.45) is 5.41 Å². The molecule has 38 heavy (non-hydrogen) atoms. The number of nitrogens with two attached hydrogens (primary N) is 1. The van der Waals surface area contributed by atoms with E-state index in [-0.39, 0.29) is 38.2 Å². The van der Waals surface area contributed by atoms with E-state index >= 15 is 0 Å². The smallest absolute Gasteiger partial charge is 0.281 e. The highest BCUT2D eigenvalue weighted by Crippen LogP contribution is 2.45. The molecule has 1 aliphatic heterocycles. The second-order valence-electron chi connectivity index (χ2n) is 10.6. The lowest BCUT2D eigenvalue weighted by atomic mass is 10.1. The van der Waals surface area contributed by atoms with E-state index in [0.717, 1.165) is 18.4 Å². The monoisotopic (exact) mass is 542 g/mol. The first-order valence-corrected chi connectivity index (χ1v) is 14.2. The van der Waals surface area contributed by atoms with Gasteiger partial charge in [0.25, 0.3) is 15.9 Å². The number of hydrogen-bond donors (Lipinski definition) is 2. The largest absolute Gasteiger partial charge is 0.477 e. The quantitative estimate of drug-likeness (QED) is 0.420. The third kappa shape index (κ3) is 5.42. The second-order valence-corrected chi connectivity index (χ2v) is 12.2. The van der Waals surface area contributed by atoms with Crippen LogP contribution in [0, 0.1) is 5.41 Å². The molecule has 4 heterocycles. The minimum Gasteiger partial charge on any atom is -0.477 e. The van der Waals surface area contributed by atoms with Gasteiger partial charge in [0.1, 0.15) is 11.6 Å². The summed E-state index contributed by atoms with van der Waals surface area (Å²) in [6.45, 7) is 6.98. The van der Waals surface area contributed by atoms with Crippen LogP contribution in [0.25, 0.3) is 11.3 Å². The van der Waals surface area contributed by atoms with Crippen molar-refractivity contribution in [1.29, 1.82) is 0 Å². The zero-order valence-electron chi connectivity index (χ0n) is 21.7. The Morgan fingerprint density at radius 3 is 2.50 bits per heavy atom. The third-order valence-electron chi connectivity index (χ3n) is 7.27. The molecule has 0 unspecified atom stereocenters. The van der Waals surface area contributed by atoms with Crippen molar-refractivity contribution in [2.75, 3.05) is 17.2 Å². The molecule has 1 aliphatic carbocycles. The van der Waals surface area contributed by atoms with Gasteiger partial charge < -0.3 is 15.4 Å². The van der Waals surface area contributed by atoms with E-state index in [0.29, 0.717) is 24.0 Å². The molecule has 3 N–H and O–H groups in total. The maximum Gasteiger partial charge on any atom is 0.281 e. The number of anilines is 2. The predicted octanol–water partition coefficient (Wildman–Crippen LogP) is 4.53. The van der Waals surface area contributed by atoms with Crippen LogP contribution in [0.15, 0.2) is 53.7 Å². The van der Waals surface area contributed by atoms with E-state index in [2.05, 4.69) is 40.4 Å². The van der Waals surface area contributed by atoms with Crippen molar-refractivity contribution in [2.45, 2.75) is 63.6 Å². The average molecular weight is 543 g/mol. The fraction of sp³-hybridized carbons (Fsp3) is 0.407. The fourth-order valence-electron chi connectivity index (χ4n) is 4.63. The fourth-order valence-corrected chi connectivity index (χ4v) is 5.57. The van der Waals surface area contributed by atoms with Crippen molar-refractivity contribution < 1.29 is 22.2 Å². The minimum atomic E-state index is -4.24. The van der Waals surface area contributed by atoms with Crippen LogP contribution in [0.4, 0.5) is 11.6 Å². The SMILES string of the molecule is C[C@@H]1CC[C@H](C)N1c1nc(-c2ccc(OCC3(C)CC3)nc2)ccc1C(=O)NS(=O)(=O)c1cccc(N)n1.[HH].[HH].[HH]. The first-order chi connectivity index (χ1) is 18.0. The van der Waals surface area contributed by atoms with Gasteiger partial charge in [-0.15, -0.1) is 0 Å². The van der Waals surface area contributed by atoms with E-state index in [9.17, 15) is 13.2 Å². The summed E-state index contributed by atoms with van der Waals surface area (Å²) in [4.78, 5) is 28.5. The van der Waals surface area contributed by atoms with Gasteiger partial charge in [0.2, 0.25) is 5.88 Å². The molecule has 1 amide bonds. The number of sulfonamides is 1. The van der Waals surface area contributed by atoms with Crippen molar-refractivity contribution in [3.63, 3.8) is 0 Å². The topological polar surface area (TPSA) is 140 Å². The number of carbonyl (C=O) groups excluding carboxylic acids is 1. The number of carbonyl (C=O) groups is 1. The number of aromatic nitrogens is 3. The van der Waals surface area contributed by atoms with Crippen LogP contribution in [0.3, 0.4) is 0 Å². The van der Waals surface area contributed by atoms with Crippen LogP contribution < -0.4 is 20.1 Å². The second kappa shape index (κ2) is 9.86. The van der Waals surface area contributed by atoms with Gasteiger partial charge in [-0.25, -0.2) is 19.7 Å². The van der Waals surface area contributed by atoms with E-state index in [1.165, 1.54) is 31.0 Å². The van der Waals surface area contributed by atoms with Gasteiger partial charge in [-0.2, -0.15) is 8.42 Å². The summed E-state index contributed by atoms with van der Waals surface area (Å²) in [5, 5.41) is -0.330. The first-order valence-electron chi connectivity index (χ1n) is 12.7. The minimum absolute atomic E-state index is 0. The molecule has 1 saturated heterocycles. The molecule has 3 aromatic heterocycles. The number of ether oxygens (including phenoxy) is 1. The highest BCUT2D eigenvalue weighted by atomic mass is 32.2. The van der Waals surface area contributed by atoms with Gasteiger partial charge >= 0.3 is 0 Å². The Bertz CT molecular complexity index is 1460. The zero-order valence-corrected chi connectivity index (χ0v) is 22.5. The lowest BCUT2D eigenvalue weighted by molar-refractivity contribution is 0.0981. The molecular formula is C27H38N6O4S. The molecule has 206 valence electrons. The molecule has 0 bridgehead atoms. The zero-order chi connectivity index (χ0) is 27.1. The normalized spacial score (nSPS) is 20.2. The molecule has 0 spiro atoms. The van der Waals surface area contributed by atoms with E-state index in [1.807, 2.05) is 12.1 Å². The Hall–Kier alpha value is -3.73. The summed E-state index contributed by atoms with van der Waals surface area (Å²) < 4.78 is 33.7. The number of nitrogens with zero attached hydrogens (tertiary/aromatic N) is 4. The number of nitrogen functional groups attached to an aromatic ring is 1. The van der Waals surface area contributed by atoms with Crippen molar-refractivity contribution in [3.8, 4) is 17.1 Å². The van der Waals surface area contributed by atoms with Gasteiger partial charge in [0.15, 0.2) is 5.03 Å². The Morgan fingerprint density at radius 1 is 1.13 bits per heavy atom. The predicted molar refractivity (Wildman–Crippen MR) is 151 cm³/mol. The van der Waals surface area contributed by atoms with Crippen LogP contribution in [0.5, 0.6) is 5.88 Å². The molecular weight excluding hydrogens is 504 g/mol. The summed E-state index contributed by atoms with van der Waals surface area (Å²) in [5.41, 5.74) is 7.44. The van der Waals surface area contributed by atoms with E-state index in [1.54, 1.807) is 18.3 Å². The van der Waals surface area contributed by atoms with Gasteiger partial charge in [-0.3, -0.25) is 4.79 Å². The summed E-state index contributed by atoms with van der Waals surface area (Å²) in [7, 11) is -4.24. The number of nitrogens with one attached hydrogen (secondary N) is 1. The Morgan fingerprint density at radius 2 is 1.87 bits per heavy atom. The molecule has 2 aliphatic rings. The number of pyridine rings is 3. The molecule has 11 heteroatoms. The number of amides is 1. The molecule has 2 atom stereocenters. The molecule has 5 rings (SSSR count).